The molecule has 4 heteroatoms. The second-order valence-electron chi connectivity index (χ2n) is 3.77. The van der Waals surface area contributed by atoms with Gasteiger partial charge in [0, 0.05) is 10.0 Å². The highest BCUT2D eigenvalue weighted by Crippen LogP contribution is 2.13. The Kier molecular flexibility index (Phi) is 4.71. The summed E-state index contributed by atoms with van der Waals surface area (Å²) in [4.78, 5) is 5.16. The molecule has 0 saturated heterocycles. The molecule has 0 aliphatic rings. The first kappa shape index (κ1) is 13.3. The molecular formula is C15H10BrN2O. The van der Waals surface area contributed by atoms with E-state index >= 15 is 0 Å². The lowest BCUT2D eigenvalue weighted by Gasteiger charge is -2.00. The van der Waals surface area contributed by atoms with Crippen molar-refractivity contribution in [2.45, 2.75) is 6.61 Å². The van der Waals surface area contributed by atoms with E-state index < -0.39 is 0 Å². The maximum Gasteiger partial charge on any atom is 0.142 e. The Labute approximate surface area is 120 Å². The number of halogens is 1. The predicted molar refractivity (Wildman–Crippen MR) is 76.6 cm³/mol. The van der Waals surface area contributed by atoms with E-state index in [0.717, 1.165) is 15.6 Å². The molecule has 0 saturated carbocycles. The molecule has 0 aromatic heterocycles. The monoisotopic (exact) mass is 313 g/mol. The average molecular weight is 314 g/mol. The molecule has 3 nitrogen and oxygen atoms in total. The molecule has 0 spiro atoms. The van der Waals surface area contributed by atoms with Crippen LogP contribution < -0.4 is 0 Å². The van der Waals surface area contributed by atoms with Crippen LogP contribution in [0.3, 0.4) is 0 Å². The molecule has 1 radical (unpaired) electrons. The Morgan fingerprint density at radius 1 is 1.16 bits per heavy atom. The lowest BCUT2D eigenvalue weighted by atomic mass is 10.1. The van der Waals surface area contributed by atoms with Crippen molar-refractivity contribution in [3.63, 3.8) is 0 Å². The lowest BCUT2D eigenvalue weighted by Crippen LogP contribution is -1.89. The molecule has 0 amide bonds. The number of hydrogen-bond donors (Lipinski definition) is 0. The van der Waals surface area contributed by atoms with Gasteiger partial charge in [0.05, 0.1) is 11.6 Å². The van der Waals surface area contributed by atoms with Gasteiger partial charge < -0.3 is 4.84 Å². The van der Waals surface area contributed by atoms with Crippen LogP contribution in [0.15, 0.2) is 58.2 Å². The smallest absolute Gasteiger partial charge is 0.142 e. The predicted octanol–water partition coefficient (Wildman–Crippen LogP) is 3.75. The van der Waals surface area contributed by atoms with Gasteiger partial charge in [0.1, 0.15) is 12.8 Å². The molecule has 2 aromatic rings. The van der Waals surface area contributed by atoms with E-state index in [1.807, 2.05) is 36.4 Å². The van der Waals surface area contributed by atoms with Crippen molar-refractivity contribution in [3.8, 4) is 6.07 Å². The Morgan fingerprint density at radius 2 is 2.00 bits per heavy atom. The summed E-state index contributed by atoms with van der Waals surface area (Å²) in [5.74, 6) is 0. The van der Waals surface area contributed by atoms with Crippen molar-refractivity contribution >= 4 is 22.1 Å². The molecule has 2 rings (SSSR count). The third-order valence-corrected chi connectivity index (χ3v) is 3.08. The molecule has 93 valence electrons. The van der Waals surface area contributed by atoms with E-state index in [1.54, 1.807) is 12.1 Å². The van der Waals surface area contributed by atoms with Crippen LogP contribution in [0.25, 0.3) is 0 Å². The fraction of sp³-hybridized carbons (Fsp3) is 0.0667. The molecule has 0 aliphatic heterocycles. The van der Waals surface area contributed by atoms with Crippen molar-refractivity contribution in [2.75, 3.05) is 0 Å². The van der Waals surface area contributed by atoms with Gasteiger partial charge in [-0.3, -0.25) is 0 Å². The molecule has 0 N–H and O–H groups in total. The molecule has 0 atom stereocenters. The summed E-state index contributed by atoms with van der Waals surface area (Å²) in [7, 11) is 0. The van der Waals surface area contributed by atoms with Crippen LogP contribution in [-0.4, -0.2) is 6.21 Å². The van der Waals surface area contributed by atoms with Crippen LogP contribution in [-0.2, 0) is 11.4 Å². The van der Waals surface area contributed by atoms with E-state index in [9.17, 15) is 0 Å². The Bertz CT molecular complexity index is 632. The summed E-state index contributed by atoms with van der Waals surface area (Å²) in [6.45, 7) is 0.312. The van der Waals surface area contributed by atoms with Crippen LogP contribution >= 0.6 is 15.9 Å². The number of rotatable bonds is 4. The molecule has 19 heavy (non-hydrogen) atoms. The highest BCUT2D eigenvalue weighted by Gasteiger charge is 1.97. The quantitative estimate of drug-likeness (QED) is 0.637. The van der Waals surface area contributed by atoms with Crippen LogP contribution in [0.5, 0.6) is 0 Å². The van der Waals surface area contributed by atoms with E-state index in [-0.39, 0.29) is 0 Å². The lowest BCUT2D eigenvalue weighted by molar-refractivity contribution is 0.132. The first-order chi connectivity index (χ1) is 9.29. The normalized spacial score (nSPS) is 10.3. The van der Waals surface area contributed by atoms with Crippen LogP contribution in [0.2, 0.25) is 0 Å². The van der Waals surface area contributed by atoms with E-state index in [2.05, 4.69) is 33.4 Å². The van der Waals surface area contributed by atoms with Gasteiger partial charge in [-0.25, -0.2) is 0 Å². The van der Waals surface area contributed by atoms with E-state index in [1.165, 1.54) is 0 Å². The minimum absolute atomic E-state index is 0.312. The Hall–Kier alpha value is -2.12. The molecule has 0 bridgehead atoms. The maximum absolute atomic E-state index is 8.78. The number of nitrogens with zero attached hydrogens (tertiary/aromatic N) is 2. The van der Waals surface area contributed by atoms with Gasteiger partial charge in [-0.2, -0.15) is 5.26 Å². The maximum atomic E-state index is 8.78. The number of hydrogen-bond acceptors (Lipinski definition) is 3. The molecular weight excluding hydrogens is 304 g/mol. The molecule has 0 heterocycles. The van der Waals surface area contributed by atoms with Crippen molar-refractivity contribution < 1.29 is 4.84 Å². The van der Waals surface area contributed by atoms with Gasteiger partial charge >= 0.3 is 0 Å². The molecule has 0 fully saturated rings. The Balaban J connectivity index is 1.93. The van der Waals surface area contributed by atoms with E-state index in [4.69, 9.17) is 10.1 Å². The zero-order valence-corrected chi connectivity index (χ0v) is 11.6. The third-order valence-electron chi connectivity index (χ3n) is 2.39. The van der Waals surface area contributed by atoms with Crippen LogP contribution in [0.4, 0.5) is 0 Å². The summed E-state index contributed by atoms with van der Waals surface area (Å²) < 4.78 is 0.911. The molecule has 0 unspecified atom stereocenters. The summed E-state index contributed by atoms with van der Waals surface area (Å²) in [6, 6.07) is 16.9. The van der Waals surface area contributed by atoms with Gasteiger partial charge in [-0.1, -0.05) is 51.4 Å². The fourth-order valence-corrected chi connectivity index (χ4v) is 1.84. The van der Waals surface area contributed by atoms with Gasteiger partial charge in [0.25, 0.3) is 0 Å². The minimum atomic E-state index is 0.312. The van der Waals surface area contributed by atoms with Gasteiger partial charge in [0.2, 0.25) is 0 Å². The van der Waals surface area contributed by atoms with E-state index in [0.29, 0.717) is 12.2 Å². The Morgan fingerprint density at radius 3 is 2.79 bits per heavy atom. The third kappa shape index (κ3) is 3.94. The SMILES string of the molecule is N#Cc1cccc(CO/N=[C]\c2ccccc2Br)c1. The molecule has 0 aliphatic carbocycles. The minimum Gasteiger partial charge on any atom is -0.390 e. The fourth-order valence-electron chi connectivity index (χ4n) is 1.47. The van der Waals surface area contributed by atoms with Gasteiger partial charge in [-0.15, -0.1) is 0 Å². The van der Waals surface area contributed by atoms with Crippen molar-refractivity contribution in [1.82, 2.24) is 0 Å². The summed E-state index contributed by atoms with van der Waals surface area (Å²) in [5, 5.41) is 12.6. The van der Waals surface area contributed by atoms with Crippen LogP contribution in [0.1, 0.15) is 16.7 Å². The second kappa shape index (κ2) is 6.72. The summed E-state index contributed by atoms with van der Waals surface area (Å²) >= 11 is 3.40. The highest BCUT2D eigenvalue weighted by molar-refractivity contribution is 9.10. The van der Waals surface area contributed by atoms with Gasteiger partial charge in [0.15, 0.2) is 0 Å². The van der Waals surface area contributed by atoms with Crippen LogP contribution in [0, 0.1) is 11.3 Å². The summed E-state index contributed by atoms with van der Waals surface area (Å²) in [5.41, 5.74) is 2.34. The topological polar surface area (TPSA) is 45.4 Å². The van der Waals surface area contributed by atoms with Crippen molar-refractivity contribution in [1.29, 1.82) is 5.26 Å². The average Bonchev–Trinajstić information content (AvgIpc) is 2.45. The highest BCUT2D eigenvalue weighted by atomic mass is 79.9. The summed E-state index contributed by atoms with van der Waals surface area (Å²) in [6.07, 6.45) is 2.80. The first-order valence-corrected chi connectivity index (χ1v) is 6.40. The first-order valence-electron chi connectivity index (χ1n) is 5.61. The van der Waals surface area contributed by atoms with Crippen molar-refractivity contribution in [3.05, 3.63) is 69.7 Å². The standard InChI is InChI=1S/C15H10BrN2O/c16-15-7-2-1-6-14(15)10-18-19-11-13-5-3-4-12(8-13)9-17/h1-8H,11H2. The van der Waals surface area contributed by atoms with Gasteiger partial charge in [-0.05, 0) is 23.8 Å². The largest absolute Gasteiger partial charge is 0.390 e. The van der Waals surface area contributed by atoms with Crippen molar-refractivity contribution in [2.24, 2.45) is 5.16 Å². The number of nitriles is 1. The zero-order valence-electron chi connectivity index (χ0n) is 10.0. The molecule has 2 aromatic carbocycles. The number of benzene rings is 2. The second-order valence-corrected chi connectivity index (χ2v) is 4.62. The zero-order chi connectivity index (χ0) is 13.5.